The third-order valence-electron chi connectivity index (χ3n) is 4.20. The lowest BCUT2D eigenvalue weighted by atomic mass is 10.2. The Morgan fingerprint density at radius 2 is 1.93 bits per heavy atom. The van der Waals surface area contributed by atoms with Gasteiger partial charge < -0.3 is 19.0 Å². The molecule has 0 spiro atoms. The smallest absolute Gasteiger partial charge is 0.410 e. The molecule has 0 aromatic carbocycles. The maximum atomic E-state index is 12.2. The van der Waals surface area contributed by atoms with Crippen LogP contribution >= 0.6 is 11.6 Å². The van der Waals surface area contributed by atoms with Crippen LogP contribution in [0.5, 0.6) is 0 Å². The van der Waals surface area contributed by atoms with Crippen LogP contribution in [0.2, 0.25) is 5.02 Å². The number of anilines is 1. The molecule has 0 saturated carbocycles. The van der Waals surface area contributed by atoms with Crippen molar-refractivity contribution in [2.24, 2.45) is 0 Å². The van der Waals surface area contributed by atoms with E-state index < -0.39 is 5.60 Å². The predicted molar refractivity (Wildman–Crippen MR) is 104 cm³/mol. The van der Waals surface area contributed by atoms with Crippen LogP contribution in [0.1, 0.15) is 33.5 Å². The highest BCUT2D eigenvalue weighted by Gasteiger charge is 2.27. The van der Waals surface area contributed by atoms with Crippen molar-refractivity contribution in [1.29, 1.82) is 0 Å². The van der Waals surface area contributed by atoms with Crippen LogP contribution in [-0.4, -0.2) is 52.7 Å². The molecule has 146 valence electrons. The average molecular weight is 393 g/mol. The molecule has 0 bridgehead atoms. The van der Waals surface area contributed by atoms with Crippen molar-refractivity contribution in [3.8, 4) is 11.5 Å². The first-order valence-corrected chi connectivity index (χ1v) is 9.48. The van der Waals surface area contributed by atoms with Gasteiger partial charge in [0, 0.05) is 38.8 Å². The molecular formula is C19H25ClN4O3. The number of hydrogen-bond acceptors (Lipinski definition) is 6. The van der Waals surface area contributed by atoms with E-state index in [1.165, 1.54) is 0 Å². The summed E-state index contributed by atoms with van der Waals surface area (Å²) in [6, 6.07) is 1.81. The van der Waals surface area contributed by atoms with Crippen LogP contribution in [0.25, 0.3) is 11.5 Å². The molecule has 2 aromatic heterocycles. The van der Waals surface area contributed by atoms with E-state index in [9.17, 15) is 4.79 Å². The SMILES string of the molecule is CCc1cnc(-c2cnc(N3CCN(C(=O)OC(C)(C)C)CC3)c(Cl)c2)o1. The number of pyridine rings is 1. The van der Waals surface area contributed by atoms with Gasteiger partial charge in [0.15, 0.2) is 0 Å². The Balaban J connectivity index is 1.65. The zero-order chi connectivity index (χ0) is 19.6. The number of aryl methyl sites for hydroxylation is 1. The van der Waals surface area contributed by atoms with E-state index in [2.05, 4.69) is 14.9 Å². The van der Waals surface area contributed by atoms with Gasteiger partial charge in [-0.15, -0.1) is 0 Å². The topological polar surface area (TPSA) is 71.7 Å². The van der Waals surface area contributed by atoms with Gasteiger partial charge in [-0.2, -0.15) is 0 Å². The number of nitrogens with zero attached hydrogens (tertiary/aromatic N) is 4. The number of halogens is 1. The number of rotatable bonds is 3. The zero-order valence-electron chi connectivity index (χ0n) is 16.2. The fourth-order valence-electron chi connectivity index (χ4n) is 2.81. The fourth-order valence-corrected chi connectivity index (χ4v) is 3.10. The molecule has 1 amide bonds. The van der Waals surface area contributed by atoms with E-state index in [4.69, 9.17) is 20.8 Å². The second kappa shape index (κ2) is 7.76. The lowest BCUT2D eigenvalue weighted by Crippen LogP contribution is -2.50. The van der Waals surface area contributed by atoms with Crippen LogP contribution in [0, 0.1) is 0 Å². The number of oxazole rings is 1. The van der Waals surface area contributed by atoms with Gasteiger partial charge in [0.05, 0.1) is 16.8 Å². The molecule has 0 aliphatic carbocycles. The molecular weight excluding hydrogens is 368 g/mol. The molecule has 7 nitrogen and oxygen atoms in total. The number of ether oxygens (including phenoxy) is 1. The van der Waals surface area contributed by atoms with E-state index in [-0.39, 0.29) is 6.09 Å². The van der Waals surface area contributed by atoms with Crippen LogP contribution in [0.15, 0.2) is 22.9 Å². The highest BCUT2D eigenvalue weighted by molar-refractivity contribution is 6.33. The highest BCUT2D eigenvalue weighted by Crippen LogP contribution is 2.29. The van der Waals surface area contributed by atoms with Gasteiger partial charge in [-0.05, 0) is 26.8 Å². The van der Waals surface area contributed by atoms with Crippen molar-refractivity contribution in [1.82, 2.24) is 14.9 Å². The first kappa shape index (κ1) is 19.5. The molecule has 1 aliphatic heterocycles. The molecule has 0 radical (unpaired) electrons. The van der Waals surface area contributed by atoms with Crippen molar-refractivity contribution in [3.05, 3.63) is 29.2 Å². The molecule has 3 heterocycles. The highest BCUT2D eigenvalue weighted by atomic mass is 35.5. The van der Waals surface area contributed by atoms with Gasteiger partial charge in [-0.3, -0.25) is 0 Å². The van der Waals surface area contributed by atoms with Crippen LogP contribution < -0.4 is 4.90 Å². The van der Waals surface area contributed by atoms with Crippen molar-refractivity contribution in [2.45, 2.75) is 39.7 Å². The number of piperazine rings is 1. The summed E-state index contributed by atoms with van der Waals surface area (Å²) in [5, 5.41) is 0.537. The average Bonchev–Trinajstić information content (AvgIpc) is 3.09. The monoisotopic (exact) mass is 392 g/mol. The summed E-state index contributed by atoms with van der Waals surface area (Å²) in [4.78, 5) is 24.7. The fraction of sp³-hybridized carbons (Fsp3) is 0.526. The molecule has 8 heteroatoms. The standard InChI is InChI=1S/C19H25ClN4O3/c1-5-14-12-22-17(26-14)13-10-15(20)16(21-11-13)23-6-8-24(9-7-23)18(25)27-19(2,3)4/h10-12H,5-9H2,1-4H3. The van der Waals surface area contributed by atoms with E-state index in [1.54, 1.807) is 17.3 Å². The number of carbonyl (C=O) groups is 1. The van der Waals surface area contributed by atoms with Crippen LogP contribution in [0.4, 0.5) is 10.6 Å². The quantitative estimate of drug-likeness (QED) is 0.785. The molecule has 1 saturated heterocycles. The Kier molecular flexibility index (Phi) is 5.60. The van der Waals surface area contributed by atoms with Gasteiger partial charge in [-0.1, -0.05) is 18.5 Å². The van der Waals surface area contributed by atoms with Crippen molar-refractivity contribution < 1.29 is 13.9 Å². The maximum absolute atomic E-state index is 12.2. The summed E-state index contributed by atoms with van der Waals surface area (Å²) in [6.07, 6.45) is 3.93. The van der Waals surface area contributed by atoms with Gasteiger partial charge in [0.25, 0.3) is 0 Å². The maximum Gasteiger partial charge on any atom is 0.410 e. The van der Waals surface area contributed by atoms with E-state index in [0.29, 0.717) is 42.9 Å². The Morgan fingerprint density at radius 3 is 2.48 bits per heavy atom. The molecule has 1 aliphatic rings. The van der Waals surface area contributed by atoms with Crippen LogP contribution in [-0.2, 0) is 11.2 Å². The zero-order valence-corrected chi connectivity index (χ0v) is 16.9. The van der Waals surface area contributed by atoms with E-state index in [1.807, 2.05) is 33.8 Å². The molecule has 2 aromatic rings. The number of aromatic nitrogens is 2. The van der Waals surface area contributed by atoms with Gasteiger partial charge in [0.2, 0.25) is 5.89 Å². The van der Waals surface area contributed by atoms with Crippen molar-refractivity contribution in [2.75, 3.05) is 31.1 Å². The molecule has 0 unspecified atom stereocenters. The summed E-state index contributed by atoms with van der Waals surface area (Å²) >= 11 is 6.46. The summed E-state index contributed by atoms with van der Waals surface area (Å²) in [6.45, 7) is 10.0. The van der Waals surface area contributed by atoms with Gasteiger partial charge >= 0.3 is 6.09 Å². The lowest BCUT2D eigenvalue weighted by Gasteiger charge is -2.36. The van der Waals surface area contributed by atoms with Gasteiger partial charge in [0.1, 0.15) is 17.2 Å². The first-order chi connectivity index (χ1) is 12.8. The Bertz CT molecular complexity index is 808. The minimum atomic E-state index is -0.494. The molecule has 3 rings (SSSR count). The Morgan fingerprint density at radius 1 is 1.22 bits per heavy atom. The third kappa shape index (κ3) is 4.71. The predicted octanol–water partition coefficient (Wildman–Crippen LogP) is 4.01. The largest absolute Gasteiger partial charge is 0.444 e. The van der Waals surface area contributed by atoms with E-state index in [0.717, 1.165) is 17.7 Å². The summed E-state index contributed by atoms with van der Waals surface area (Å²) in [7, 11) is 0. The second-order valence-electron chi connectivity index (χ2n) is 7.47. The minimum absolute atomic E-state index is 0.285. The van der Waals surface area contributed by atoms with Crippen LogP contribution in [0.3, 0.4) is 0 Å². The molecule has 0 atom stereocenters. The second-order valence-corrected chi connectivity index (χ2v) is 7.88. The Labute approximate surface area is 164 Å². The first-order valence-electron chi connectivity index (χ1n) is 9.10. The summed E-state index contributed by atoms with van der Waals surface area (Å²) < 4.78 is 11.1. The lowest BCUT2D eigenvalue weighted by molar-refractivity contribution is 0.0240. The van der Waals surface area contributed by atoms with E-state index >= 15 is 0 Å². The number of carbonyl (C=O) groups excluding carboxylic acids is 1. The van der Waals surface area contributed by atoms with Gasteiger partial charge in [-0.25, -0.2) is 14.8 Å². The van der Waals surface area contributed by atoms with Crippen molar-refractivity contribution in [3.63, 3.8) is 0 Å². The summed E-state index contributed by atoms with van der Waals surface area (Å²) in [5.41, 5.74) is 0.253. The molecule has 0 N–H and O–H groups in total. The number of hydrogen-bond donors (Lipinski definition) is 0. The minimum Gasteiger partial charge on any atom is -0.444 e. The third-order valence-corrected chi connectivity index (χ3v) is 4.48. The Hall–Kier alpha value is -2.28. The number of amides is 1. The summed E-state index contributed by atoms with van der Waals surface area (Å²) in [5.74, 6) is 2.04. The van der Waals surface area contributed by atoms with Crippen molar-refractivity contribution >= 4 is 23.5 Å². The normalized spacial score (nSPS) is 15.1. The molecule has 1 fully saturated rings. The molecule has 27 heavy (non-hydrogen) atoms.